The van der Waals surface area contributed by atoms with E-state index in [0.717, 1.165) is 28.1 Å². The zero-order valence-electron chi connectivity index (χ0n) is 15.6. The number of amides is 2. The Morgan fingerprint density at radius 2 is 1.78 bits per heavy atom. The molecular formula is C21H22N4O2. The zero-order chi connectivity index (χ0) is 19.4. The first-order chi connectivity index (χ1) is 12.9. The van der Waals surface area contributed by atoms with Crippen LogP contribution >= 0.6 is 0 Å². The van der Waals surface area contributed by atoms with E-state index in [-0.39, 0.29) is 18.4 Å². The monoisotopic (exact) mass is 362 g/mol. The van der Waals surface area contributed by atoms with E-state index in [9.17, 15) is 9.59 Å². The highest BCUT2D eigenvalue weighted by Gasteiger charge is 2.15. The molecular weight excluding hydrogens is 340 g/mol. The lowest BCUT2D eigenvalue weighted by Gasteiger charge is -2.12. The van der Waals surface area contributed by atoms with Crippen LogP contribution in [-0.4, -0.2) is 28.1 Å². The number of anilines is 1. The molecule has 0 radical (unpaired) electrons. The van der Waals surface area contributed by atoms with Gasteiger partial charge >= 0.3 is 0 Å². The van der Waals surface area contributed by atoms with E-state index >= 15 is 0 Å². The topological polar surface area (TPSA) is 76.0 Å². The van der Waals surface area contributed by atoms with Gasteiger partial charge in [-0.25, -0.2) is 4.68 Å². The van der Waals surface area contributed by atoms with Crippen molar-refractivity contribution in [1.82, 2.24) is 15.1 Å². The Balaban J connectivity index is 2.00. The number of carbonyl (C=O) groups excluding carboxylic acids is 2. The number of hydrogen-bond donors (Lipinski definition) is 2. The number of benzene rings is 2. The fourth-order valence-electron chi connectivity index (χ4n) is 2.84. The predicted octanol–water partition coefficient (Wildman–Crippen LogP) is 3.23. The second-order valence-corrected chi connectivity index (χ2v) is 6.44. The SMILES string of the molecule is CC(=O)NCC(=O)Nc1cc(-c2ccccc2)nn1-c1ccc(C)cc1C. The molecule has 1 heterocycles. The summed E-state index contributed by atoms with van der Waals surface area (Å²) in [5.74, 6) is -0.00936. The molecule has 3 aromatic rings. The van der Waals surface area contributed by atoms with Crippen molar-refractivity contribution in [2.45, 2.75) is 20.8 Å². The Hall–Kier alpha value is -3.41. The summed E-state index contributed by atoms with van der Waals surface area (Å²) in [6.07, 6.45) is 0. The van der Waals surface area contributed by atoms with Crippen LogP contribution in [0, 0.1) is 13.8 Å². The van der Waals surface area contributed by atoms with Crippen molar-refractivity contribution in [3.8, 4) is 16.9 Å². The summed E-state index contributed by atoms with van der Waals surface area (Å²) in [4.78, 5) is 23.3. The highest BCUT2D eigenvalue weighted by molar-refractivity contribution is 5.94. The van der Waals surface area contributed by atoms with Crippen LogP contribution in [0.4, 0.5) is 5.82 Å². The van der Waals surface area contributed by atoms with Crippen LogP contribution in [-0.2, 0) is 9.59 Å². The van der Waals surface area contributed by atoms with Gasteiger partial charge in [-0.05, 0) is 25.5 Å². The molecule has 0 saturated carbocycles. The van der Waals surface area contributed by atoms with Gasteiger partial charge in [-0.2, -0.15) is 5.10 Å². The fourth-order valence-corrected chi connectivity index (χ4v) is 2.84. The molecule has 0 aliphatic heterocycles. The van der Waals surface area contributed by atoms with Crippen LogP contribution in [0.25, 0.3) is 16.9 Å². The van der Waals surface area contributed by atoms with Crippen molar-refractivity contribution in [2.24, 2.45) is 0 Å². The molecule has 2 amide bonds. The minimum Gasteiger partial charge on any atom is -0.347 e. The molecule has 0 unspecified atom stereocenters. The van der Waals surface area contributed by atoms with Gasteiger partial charge in [0.05, 0.1) is 17.9 Å². The molecule has 0 aliphatic rings. The minimum absolute atomic E-state index is 0.0892. The summed E-state index contributed by atoms with van der Waals surface area (Å²) < 4.78 is 1.72. The highest BCUT2D eigenvalue weighted by Crippen LogP contribution is 2.26. The Morgan fingerprint density at radius 1 is 1.04 bits per heavy atom. The number of aryl methyl sites for hydroxylation is 2. The Labute approximate surface area is 158 Å². The van der Waals surface area contributed by atoms with E-state index in [1.807, 2.05) is 62.4 Å². The Morgan fingerprint density at radius 3 is 2.44 bits per heavy atom. The van der Waals surface area contributed by atoms with Crippen LogP contribution in [0.3, 0.4) is 0 Å². The van der Waals surface area contributed by atoms with Crippen LogP contribution in [0.15, 0.2) is 54.6 Å². The lowest BCUT2D eigenvalue weighted by atomic mass is 10.1. The first-order valence-electron chi connectivity index (χ1n) is 8.71. The molecule has 27 heavy (non-hydrogen) atoms. The van der Waals surface area contributed by atoms with Gasteiger partial charge in [-0.3, -0.25) is 9.59 Å². The van der Waals surface area contributed by atoms with Crippen molar-refractivity contribution in [2.75, 3.05) is 11.9 Å². The summed E-state index contributed by atoms with van der Waals surface area (Å²) in [7, 11) is 0. The van der Waals surface area contributed by atoms with E-state index in [4.69, 9.17) is 5.10 Å². The maximum atomic E-state index is 12.2. The van der Waals surface area contributed by atoms with Gasteiger partial charge < -0.3 is 10.6 Å². The van der Waals surface area contributed by atoms with E-state index in [1.165, 1.54) is 6.92 Å². The quantitative estimate of drug-likeness (QED) is 0.732. The number of carbonyl (C=O) groups is 2. The lowest BCUT2D eigenvalue weighted by Crippen LogP contribution is -2.31. The number of aromatic nitrogens is 2. The molecule has 1 aromatic heterocycles. The van der Waals surface area contributed by atoms with Crippen molar-refractivity contribution in [3.05, 3.63) is 65.7 Å². The summed E-state index contributed by atoms with van der Waals surface area (Å²) >= 11 is 0. The number of nitrogens with zero attached hydrogens (tertiary/aromatic N) is 2. The standard InChI is InChI=1S/C21H22N4O2/c1-14-9-10-19(15(2)11-14)25-20(23-21(27)13-22-16(3)26)12-18(24-25)17-7-5-4-6-8-17/h4-12H,13H2,1-3H3,(H,22,26)(H,23,27). The van der Waals surface area contributed by atoms with E-state index < -0.39 is 0 Å². The van der Waals surface area contributed by atoms with Crippen LogP contribution in [0.2, 0.25) is 0 Å². The Kier molecular flexibility index (Phi) is 5.35. The highest BCUT2D eigenvalue weighted by atomic mass is 16.2. The average Bonchev–Trinajstić information content (AvgIpc) is 3.04. The molecule has 6 nitrogen and oxygen atoms in total. The number of rotatable bonds is 5. The molecule has 6 heteroatoms. The predicted molar refractivity (Wildman–Crippen MR) is 106 cm³/mol. The first kappa shape index (κ1) is 18.4. The third kappa shape index (κ3) is 4.41. The molecule has 0 saturated heterocycles. The third-order valence-corrected chi connectivity index (χ3v) is 4.12. The molecule has 0 aliphatic carbocycles. The number of nitrogens with one attached hydrogen (secondary N) is 2. The molecule has 0 fully saturated rings. The maximum absolute atomic E-state index is 12.2. The minimum atomic E-state index is -0.310. The second kappa shape index (κ2) is 7.86. The zero-order valence-corrected chi connectivity index (χ0v) is 15.6. The molecule has 0 atom stereocenters. The summed E-state index contributed by atoms with van der Waals surface area (Å²) in [5, 5.41) is 10.0. The van der Waals surface area contributed by atoms with Crippen molar-refractivity contribution in [3.63, 3.8) is 0 Å². The Bertz CT molecular complexity index is 977. The fraction of sp³-hybridized carbons (Fsp3) is 0.190. The van der Waals surface area contributed by atoms with Crippen LogP contribution in [0.1, 0.15) is 18.1 Å². The van der Waals surface area contributed by atoms with Crippen molar-refractivity contribution in [1.29, 1.82) is 0 Å². The van der Waals surface area contributed by atoms with Gasteiger partial charge in [0.15, 0.2) is 0 Å². The van der Waals surface area contributed by atoms with Gasteiger partial charge in [0.25, 0.3) is 0 Å². The summed E-state index contributed by atoms with van der Waals surface area (Å²) in [6.45, 7) is 5.33. The maximum Gasteiger partial charge on any atom is 0.244 e. The average molecular weight is 362 g/mol. The van der Waals surface area contributed by atoms with E-state index in [1.54, 1.807) is 4.68 Å². The third-order valence-electron chi connectivity index (χ3n) is 4.12. The van der Waals surface area contributed by atoms with Gasteiger partial charge in [-0.15, -0.1) is 0 Å². The molecule has 3 rings (SSSR count). The van der Waals surface area contributed by atoms with Crippen molar-refractivity contribution < 1.29 is 9.59 Å². The lowest BCUT2D eigenvalue weighted by molar-refractivity contribution is -0.122. The van der Waals surface area contributed by atoms with Gasteiger partial charge in [-0.1, -0.05) is 48.0 Å². The molecule has 0 spiro atoms. The first-order valence-corrected chi connectivity index (χ1v) is 8.71. The van der Waals surface area contributed by atoms with Crippen LogP contribution < -0.4 is 10.6 Å². The smallest absolute Gasteiger partial charge is 0.244 e. The second-order valence-electron chi connectivity index (χ2n) is 6.44. The van der Waals surface area contributed by atoms with Crippen LogP contribution in [0.5, 0.6) is 0 Å². The summed E-state index contributed by atoms with van der Waals surface area (Å²) in [5.41, 5.74) is 4.80. The molecule has 2 aromatic carbocycles. The van der Waals surface area contributed by atoms with Crippen molar-refractivity contribution >= 4 is 17.6 Å². The van der Waals surface area contributed by atoms with Gasteiger partial charge in [0, 0.05) is 18.6 Å². The normalized spacial score (nSPS) is 10.5. The van der Waals surface area contributed by atoms with E-state index in [2.05, 4.69) is 16.7 Å². The van der Waals surface area contributed by atoms with Gasteiger partial charge in [0.2, 0.25) is 11.8 Å². The van der Waals surface area contributed by atoms with E-state index in [0.29, 0.717) is 5.82 Å². The number of hydrogen-bond acceptors (Lipinski definition) is 3. The molecule has 138 valence electrons. The molecule has 0 bridgehead atoms. The van der Waals surface area contributed by atoms with Gasteiger partial charge in [0.1, 0.15) is 5.82 Å². The largest absolute Gasteiger partial charge is 0.347 e. The summed E-state index contributed by atoms with van der Waals surface area (Å²) in [6, 6.07) is 17.7. The molecule has 2 N–H and O–H groups in total.